The van der Waals surface area contributed by atoms with Gasteiger partial charge in [0.15, 0.2) is 5.78 Å². The molecule has 0 aliphatic carbocycles. The van der Waals surface area contributed by atoms with Crippen molar-refractivity contribution in [1.82, 2.24) is 0 Å². The smallest absolute Gasteiger partial charge is 0.188 e. The molecule has 2 aromatic rings. The number of ketones is 1. The average molecular weight is 403 g/mol. The Balaban J connectivity index is 2.41. The fourth-order valence-electron chi connectivity index (χ4n) is 2.36. The van der Waals surface area contributed by atoms with Crippen LogP contribution in [0.2, 0.25) is 5.02 Å². The summed E-state index contributed by atoms with van der Waals surface area (Å²) in [6.45, 7) is 6.26. The number of benzene rings is 2. The molecule has 0 atom stereocenters. The van der Waals surface area contributed by atoms with E-state index >= 15 is 0 Å². The van der Waals surface area contributed by atoms with Gasteiger partial charge in [-0.2, -0.15) is 0 Å². The van der Waals surface area contributed by atoms with E-state index in [4.69, 9.17) is 11.6 Å². The first-order valence-electron chi connectivity index (χ1n) is 8.60. The molecule has 0 aromatic heterocycles. The first-order valence-corrected chi connectivity index (χ1v) is 10.9. The Kier molecular flexibility index (Phi) is 8.56. The lowest BCUT2D eigenvalue weighted by atomic mass is 10.0. The van der Waals surface area contributed by atoms with Gasteiger partial charge in [0.05, 0.1) is 4.24 Å². The second-order valence-corrected chi connectivity index (χ2v) is 8.89. The molecule has 0 N–H and O–H groups in total. The van der Waals surface area contributed by atoms with Gasteiger partial charge in [0.1, 0.15) is 0 Å². The lowest BCUT2D eigenvalue weighted by Crippen LogP contribution is -2.01. The third kappa shape index (κ3) is 6.08. The molecule has 0 amide bonds. The molecule has 2 aromatic carbocycles. The van der Waals surface area contributed by atoms with E-state index in [-0.39, 0.29) is 5.78 Å². The lowest BCUT2D eigenvalue weighted by Gasteiger charge is -2.12. The summed E-state index contributed by atoms with van der Waals surface area (Å²) in [5, 5.41) is 0.670. The molecule has 0 radical (unpaired) electrons. The summed E-state index contributed by atoms with van der Waals surface area (Å²) in [6.07, 6.45) is 3.55. The molecule has 0 spiro atoms. The van der Waals surface area contributed by atoms with Gasteiger partial charge < -0.3 is 0 Å². The molecule has 0 saturated carbocycles. The van der Waals surface area contributed by atoms with Gasteiger partial charge in [-0.1, -0.05) is 73.5 Å². The van der Waals surface area contributed by atoms with Crippen molar-refractivity contribution in [2.45, 2.75) is 20.8 Å². The van der Waals surface area contributed by atoms with Crippen molar-refractivity contribution >= 4 is 52.6 Å². The molecule has 26 heavy (non-hydrogen) atoms. The molecule has 1 nitrogen and oxygen atoms in total. The van der Waals surface area contributed by atoms with E-state index in [1.165, 1.54) is 5.56 Å². The molecule has 0 aliphatic heterocycles. The molecule has 0 heterocycles. The summed E-state index contributed by atoms with van der Waals surface area (Å²) in [7, 11) is 0. The quantitative estimate of drug-likeness (QED) is 0.438. The Labute approximate surface area is 169 Å². The molecule has 136 valence electrons. The van der Waals surface area contributed by atoms with Crippen LogP contribution in [0.3, 0.4) is 0 Å². The third-order valence-corrected chi connectivity index (χ3v) is 6.11. The minimum atomic E-state index is 0.0183. The number of carbonyl (C=O) groups excluding carboxylic acids is 1. The van der Waals surface area contributed by atoms with E-state index in [1.54, 1.807) is 29.6 Å². The maximum atomic E-state index is 13.1. The molecule has 0 bridgehead atoms. The third-order valence-electron chi connectivity index (χ3n) is 3.64. The van der Waals surface area contributed by atoms with Crippen LogP contribution in [-0.2, 0) is 4.79 Å². The zero-order chi connectivity index (χ0) is 18.9. The number of aryl methyl sites for hydroxylation is 1. The number of carbonyl (C=O) groups is 1. The van der Waals surface area contributed by atoms with Gasteiger partial charge in [-0.3, -0.25) is 4.79 Å². The van der Waals surface area contributed by atoms with Crippen molar-refractivity contribution in [2.24, 2.45) is 0 Å². The lowest BCUT2D eigenvalue weighted by molar-refractivity contribution is -0.109. The van der Waals surface area contributed by atoms with Crippen molar-refractivity contribution in [2.75, 3.05) is 11.5 Å². The van der Waals surface area contributed by atoms with Gasteiger partial charge in [-0.25, -0.2) is 0 Å². The van der Waals surface area contributed by atoms with Gasteiger partial charge in [0, 0.05) is 10.6 Å². The van der Waals surface area contributed by atoms with Crippen LogP contribution in [0.4, 0.5) is 0 Å². The van der Waals surface area contributed by atoms with Gasteiger partial charge in [-0.15, -0.1) is 23.5 Å². The highest BCUT2D eigenvalue weighted by atomic mass is 35.5. The van der Waals surface area contributed by atoms with Crippen LogP contribution in [0, 0.1) is 6.92 Å². The SMILES string of the molecule is CCSC(SCC)=C(C(=O)/C=C/c1ccc(C)cc1)c1ccc(Cl)cc1. The van der Waals surface area contributed by atoms with Crippen LogP contribution >= 0.6 is 35.1 Å². The number of allylic oxidation sites excluding steroid dienone is 2. The summed E-state index contributed by atoms with van der Waals surface area (Å²) < 4.78 is 1.07. The van der Waals surface area contributed by atoms with E-state index in [0.717, 1.165) is 32.4 Å². The second kappa shape index (κ2) is 10.7. The molecular weight excluding hydrogens is 380 g/mol. The largest absolute Gasteiger partial charge is 0.289 e. The van der Waals surface area contributed by atoms with E-state index in [0.29, 0.717) is 5.02 Å². The molecule has 0 unspecified atom stereocenters. The van der Waals surface area contributed by atoms with Crippen LogP contribution in [0.25, 0.3) is 11.6 Å². The van der Waals surface area contributed by atoms with Crippen LogP contribution < -0.4 is 0 Å². The van der Waals surface area contributed by atoms with Gasteiger partial charge in [0.2, 0.25) is 0 Å². The fraction of sp³-hybridized carbons (Fsp3) is 0.227. The van der Waals surface area contributed by atoms with Gasteiger partial charge in [0.25, 0.3) is 0 Å². The Bertz CT molecular complexity index is 782. The molecule has 0 saturated heterocycles. The highest BCUT2D eigenvalue weighted by Crippen LogP contribution is 2.37. The van der Waals surface area contributed by atoms with E-state index in [1.807, 2.05) is 54.6 Å². The number of thioether (sulfide) groups is 2. The van der Waals surface area contributed by atoms with Crippen LogP contribution in [0.1, 0.15) is 30.5 Å². The second-order valence-electron chi connectivity index (χ2n) is 5.64. The summed E-state index contributed by atoms with van der Waals surface area (Å²) >= 11 is 9.46. The van der Waals surface area contributed by atoms with Crippen LogP contribution in [0.5, 0.6) is 0 Å². The standard InChI is InChI=1S/C22H23ClOS2/c1-4-25-22(26-5-2)21(18-11-13-19(23)14-12-18)20(24)15-10-17-8-6-16(3)7-9-17/h6-15H,4-5H2,1-3H3/b15-10+. The van der Waals surface area contributed by atoms with E-state index < -0.39 is 0 Å². The predicted molar refractivity (Wildman–Crippen MR) is 120 cm³/mol. The molecule has 0 fully saturated rings. The normalized spacial score (nSPS) is 10.9. The zero-order valence-electron chi connectivity index (χ0n) is 15.3. The minimum absolute atomic E-state index is 0.0183. The maximum absolute atomic E-state index is 13.1. The van der Waals surface area contributed by atoms with Gasteiger partial charge >= 0.3 is 0 Å². The topological polar surface area (TPSA) is 17.1 Å². The van der Waals surface area contributed by atoms with E-state index in [2.05, 4.69) is 20.8 Å². The zero-order valence-corrected chi connectivity index (χ0v) is 17.7. The van der Waals surface area contributed by atoms with Crippen molar-refractivity contribution in [3.63, 3.8) is 0 Å². The summed E-state index contributed by atoms with van der Waals surface area (Å²) in [4.78, 5) is 13.1. The number of hydrogen-bond acceptors (Lipinski definition) is 3. The maximum Gasteiger partial charge on any atom is 0.188 e. The summed E-state index contributed by atoms with van der Waals surface area (Å²) in [5.74, 6) is 1.87. The van der Waals surface area contributed by atoms with Crippen molar-refractivity contribution < 1.29 is 4.79 Å². The van der Waals surface area contributed by atoms with Crippen LogP contribution in [-0.4, -0.2) is 17.3 Å². The molecular formula is C22H23ClOS2. The molecule has 2 rings (SSSR count). The fourth-order valence-corrected chi connectivity index (χ4v) is 4.77. The Morgan fingerprint density at radius 2 is 1.54 bits per heavy atom. The highest BCUT2D eigenvalue weighted by molar-refractivity contribution is 8.22. The number of halogens is 1. The highest BCUT2D eigenvalue weighted by Gasteiger charge is 2.16. The van der Waals surface area contributed by atoms with Crippen molar-refractivity contribution in [3.05, 3.63) is 80.6 Å². The Morgan fingerprint density at radius 1 is 0.962 bits per heavy atom. The van der Waals surface area contributed by atoms with E-state index in [9.17, 15) is 4.79 Å². The first kappa shape index (κ1) is 20.9. The monoisotopic (exact) mass is 402 g/mol. The summed E-state index contributed by atoms with van der Waals surface area (Å²) in [5.41, 5.74) is 3.89. The minimum Gasteiger partial charge on any atom is -0.289 e. The summed E-state index contributed by atoms with van der Waals surface area (Å²) in [6, 6.07) is 15.6. The predicted octanol–water partition coefficient (Wildman–Crippen LogP) is 7.11. The Morgan fingerprint density at radius 3 is 2.08 bits per heavy atom. The first-order chi connectivity index (χ1) is 12.5. The molecule has 4 heteroatoms. The number of hydrogen-bond donors (Lipinski definition) is 0. The molecule has 0 aliphatic rings. The van der Waals surface area contributed by atoms with Crippen molar-refractivity contribution in [1.29, 1.82) is 0 Å². The van der Waals surface area contributed by atoms with Crippen molar-refractivity contribution in [3.8, 4) is 0 Å². The average Bonchev–Trinajstić information content (AvgIpc) is 2.63. The van der Waals surface area contributed by atoms with Crippen LogP contribution in [0.15, 0.2) is 58.8 Å². The Hall–Kier alpha value is -1.42. The number of rotatable bonds is 8. The van der Waals surface area contributed by atoms with Gasteiger partial charge in [-0.05, 0) is 47.8 Å².